The minimum atomic E-state index is -0.577. The van der Waals surface area contributed by atoms with Crippen LogP contribution in [-0.2, 0) is 9.53 Å². The van der Waals surface area contributed by atoms with Crippen molar-refractivity contribution in [2.24, 2.45) is 4.99 Å². The molecule has 0 radical (unpaired) electrons. The zero-order chi connectivity index (χ0) is 22.8. The second kappa shape index (κ2) is 9.30. The van der Waals surface area contributed by atoms with Gasteiger partial charge in [0.2, 0.25) is 0 Å². The summed E-state index contributed by atoms with van der Waals surface area (Å²) in [4.78, 5) is 32.8. The molecule has 1 atom stereocenters. The Hall–Kier alpha value is -2.90. The van der Waals surface area contributed by atoms with Crippen LogP contribution in [0.15, 0.2) is 74.5 Å². The first kappa shape index (κ1) is 22.3. The highest BCUT2D eigenvalue weighted by atomic mass is 32.2. The number of carbonyl (C=O) groups is 1. The zero-order valence-electron chi connectivity index (χ0n) is 18.4. The minimum absolute atomic E-state index is 0.164. The first-order chi connectivity index (χ1) is 15.4. The summed E-state index contributed by atoms with van der Waals surface area (Å²) >= 11 is 3.01. The Morgan fingerprint density at radius 2 is 1.84 bits per heavy atom. The lowest BCUT2D eigenvalue weighted by molar-refractivity contribution is -0.139. The molecule has 0 aliphatic carbocycles. The van der Waals surface area contributed by atoms with E-state index in [0.717, 1.165) is 21.6 Å². The van der Waals surface area contributed by atoms with E-state index < -0.39 is 12.0 Å². The fourth-order valence-electron chi connectivity index (χ4n) is 3.71. The predicted molar refractivity (Wildman–Crippen MR) is 130 cm³/mol. The highest BCUT2D eigenvalue weighted by Gasteiger charge is 2.33. The van der Waals surface area contributed by atoms with E-state index >= 15 is 0 Å². The highest BCUT2D eigenvalue weighted by molar-refractivity contribution is 7.98. The number of nitrogens with zero attached hydrogens (tertiary/aromatic N) is 2. The number of benzene rings is 2. The van der Waals surface area contributed by atoms with E-state index in [4.69, 9.17) is 4.74 Å². The molecule has 4 rings (SSSR count). The Kier molecular flexibility index (Phi) is 6.48. The van der Waals surface area contributed by atoms with Gasteiger partial charge in [-0.2, -0.15) is 0 Å². The Morgan fingerprint density at radius 3 is 2.47 bits per heavy atom. The Morgan fingerprint density at radius 1 is 1.16 bits per heavy atom. The van der Waals surface area contributed by atoms with Crippen LogP contribution >= 0.6 is 23.1 Å². The summed E-state index contributed by atoms with van der Waals surface area (Å²) in [5.41, 5.74) is 3.71. The van der Waals surface area contributed by atoms with Gasteiger partial charge in [0.1, 0.15) is 0 Å². The van der Waals surface area contributed by atoms with Crippen LogP contribution in [-0.4, -0.2) is 23.4 Å². The molecular formula is C25H24N2O3S2. The molecule has 164 valence electrons. The molecule has 2 aromatic carbocycles. The number of hydrogen-bond donors (Lipinski definition) is 0. The van der Waals surface area contributed by atoms with Crippen LogP contribution in [0.4, 0.5) is 0 Å². The van der Waals surface area contributed by atoms with Gasteiger partial charge in [0, 0.05) is 4.90 Å². The number of thiazole rings is 1. The van der Waals surface area contributed by atoms with Crippen molar-refractivity contribution >= 4 is 35.1 Å². The standard InChI is InChI=1S/C25H24N2O3S2/c1-5-30-24(29)21-16(3)26-25-27(22(21)18-10-6-15(2)7-11-18)23(28)20(32-25)14-17-8-12-19(31-4)13-9-17/h6-14,22H,5H2,1-4H3/b20-14+/t22-/m1/s1. The Labute approximate surface area is 194 Å². The molecule has 0 N–H and O–H groups in total. The molecule has 3 aromatic rings. The van der Waals surface area contributed by atoms with Gasteiger partial charge in [-0.1, -0.05) is 53.3 Å². The molecule has 0 fully saturated rings. The number of esters is 1. The van der Waals surface area contributed by atoms with Gasteiger partial charge in [0.05, 0.1) is 28.5 Å². The number of allylic oxidation sites excluding steroid dienone is 1. The van der Waals surface area contributed by atoms with Crippen molar-refractivity contribution in [3.05, 3.63) is 96.2 Å². The van der Waals surface area contributed by atoms with Crippen LogP contribution in [0, 0.1) is 6.92 Å². The van der Waals surface area contributed by atoms with E-state index in [2.05, 4.69) is 4.99 Å². The average molecular weight is 465 g/mol. The number of aromatic nitrogens is 1. The van der Waals surface area contributed by atoms with Crippen molar-refractivity contribution in [1.29, 1.82) is 0 Å². The summed E-state index contributed by atoms with van der Waals surface area (Å²) in [5.74, 6) is -0.443. The van der Waals surface area contributed by atoms with Crippen molar-refractivity contribution in [3.8, 4) is 0 Å². The fraction of sp³-hybridized carbons (Fsp3) is 0.240. The van der Waals surface area contributed by atoms with Crippen LogP contribution in [0.2, 0.25) is 0 Å². The van der Waals surface area contributed by atoms with Gasteiger partial charge in [0.15, 0.2) is 4.80 Å². The smallest absolute Gasteiger partial charge is 0.338 e. The maximum Gasteiger partial charge on any atom is 0.338 e. The van der Waals surface area contributed by atoms with Crippen molar-refractivity contribution < 1.29 is 9.53 Å². The largest absolute Gasteiger partial charge is 0.463 e. The first-order valence-electron chi connectivity index (χ1n) is 10.3. The topological polar surface area (TPSA) is 60.7 Å². The lowest BCUT2D eigenvalue weighted by Gasteiger charge is -2.24. The molecule has 1 aromatic heterocycles. The van der Waals surface area contributed by atoms with Gasteiger partial charge >= 0.3 is 5.97 Å². The molecule has 2 heterocycles. The van der Waals surface area contributed by atoms with Crippen LogP contribution < -0.4 is 14.9 Å². The van der Waals surface area contributed by atoms with Crippen molar-refractivity contribution in [1.82, 2.24) is 4.57 Å². The summed E-state index contributed by atoms with van der Waals surface area (Å²) in [6.07, 6.45) is 3.91. The lowest BCUT2D eigenvalue weighted by atomic mass is 9.95. The van der Waals surface area contributed by atoms with E-state index in [9.17, 15) is 9.59 Å². The normalized spacial score (nSPS) is 16.0. The quantitative estimate of drug-likeness (QED) is 0.425. The van der Waals surface area contributed by atoms with Gasteiger partial charge in [-0.05, 0) is 56.4 Å². The van der Waals surface area contributed by atoms with Crippen molar-refractivity contribution in [2.45, 2.75) is 31.7 Å². The van der Waals surface area contributed by atoms with E-state index in [1.165, 1.54) is 11.3 Å². The average Bonchev–Trinajstić information content (AvgIpc) is 3.08. The van der Waals surface area contributed by atoms with Gasteiger partial charge in [-0.25, -0.2) is 9.79 Å². The van der Waals surface area contributed by atoms with E-state index in [1.54, 1.807) is 30.2 Å². The zero-order valence-corrected chi connectivity index (χ0v) is 20.0. The monoisotopic (exact) mass is 464 g/mol. The molecule has 0 unspecified atom stereocenters. The molecule has 0 saturated carbocycles. The molecule has 32 heavy (non-hydrogen) atoms. The minimum Gasteiger partial charge on any atom is -0.463 e. The van der Waals surface area contributed by atoms with Gasteiger partial charge in [0.25, 0.3) is 5.56 Å². The Bertz CT molecular complexity index is 1360. The summed E-state index contributed by atoms with van der Waals surface area (Å²) in [7, 11) is 0. The second-order valence-electron chi connectivity index (χ2n) is 7.49. The maximum absolute atomic E-state index is 13.5. The third-order valence-corrected chi connectivity index (χ3v) is 7.05. The summed E-state index contributed by atoms with van der Waals surface area (Å²) < 4.78 is 7.53. The number of fused-ring (bicyclic) bond motifs is 1. The molecule has 1 aliphatic heterocycles. The highest BCUT2D eigenvalue weighted by Crippen LogP contribution is 2.30. The van der Waals surface area contributed by atoms with Gasteiger partial charge < -0.3 is 4.74 Å². The number of rotatable bonds is 5. The lowest BCUT2D eigenvalue weighted by Crippen LogP contribution is -2.39. The first-order valence-corrected chi connectivity index (χ1v) is 12.4. The van der Waals surface area contributed by atoms with Crippen LogP contribution in [0.5, 0.6) is 0 Å². The predicted octanol–water partition coefficient (Wildman–Crippen LogP) is 3.83. The number of aryl methyl sites for hydroxylation is 1. The molecule has 1 aliphatic rings. The van der Waals surface area contributed by atoms with E-state index in [0.29, 0.717) is 20.6 Å². The van der Waals surface area contributed by atoms with E-state index in [1.807, 2.05) is 67.8 Å². The summed E-state index contributed by atoms with van der Waals surface area (Å²) in [5, 5.41) is 0. The molecule has 0 amide bonds. The number of ether oxygens (including phenoxy) is 1. The molecule has 0 spiro atoms. The van der Waals surface area contributed by atoms with Gasteiger partial charge in [-0.15, -0.1) is 11.8 Å². The Balaban J connectivity index is 1.92. The molecule has 5 nitrogen and oxygen atoms in total. The SMILES string of the molecule is CCOC(=O)C1=C(C)N=c2s/c(=C/c3ccc(SC)cc3)c(=O)n2[C@@H]1c1ccc(C)cc1. The van der Waals surface area contributed by atoms with E-state index in [-0.39, 0.29) is 12.2 Å². The molecule has 0 saturated heterocycles. The van der Waals surface area contributed by atoms with Gasteiger partial charge in [-0.3, -0.25) is 9.36 Å². The second-order valence-corrected chi connectivity index (χ2v) is 9.37. The number of hydrogen-bond acceptors (Lipinski definition) is 6. The van der Waals surface area contributed by atoms with Crippen LogP contribution in [0.1, 0.15) is 36.6 Å². The third kappa shape index (κ3) is 4.23. The number of thioether (sulfide) groups is 1. The fourth-order valence-corrected chi connectivity index (χ4v) is 5.16. The maximum atomic E-state index is 13.5. The third-order valence-electron chi connectivity index (χ3n) is 5.32. The summed E-state index contributed by atoms with van der Waals surface area (Å²) in [6, 6.07) is 15.4. The number of carbonyl (C=O) groups excluding carboxylic acids is 1. The van der Waals surface area contributed by atoms with Crippen LogP contribution in [0.25, 0.3) is 6.08 Å². The van der Waals surface area contributed by atoms with Crippen molar-refractivity contribution in [3.63, 3.8) is 0 Å². The molecular weight excluding hydrogens is 440 g/mol. The van der Waals surface area contributed by atoms with Crippen LogP contribution in [0.3, 0.4) is 0 Å². The summed E-state index contributed by atoms with van der Waals surface area (Å²) in [6.45, 7) is 5.83. The molecule has 7 heteroatoms. The molecule has 0 bridgehead atoms. The van der Waals surface area contributed by atoms with Crippen molar-refractivity contribution in [2.75, 3.05) is 12.9 Å².